The number of carboxylic acid groups (broad SMARTS) is 4. The number of hydrogen-bond acceptors (Lipinski definition) is 14. The lowest BCUT2D eigenvalue weighted by molar-refractivity contribution is -0.150. The molecule has 0 amide bonds. The molecule has 8 N–H and O–H groups in total. The average molecular weight is 697 g/mol. The third-order valence-electron chi connectivity index (χ3n) is 6.32. The van der Waals surface area contributed by atoms with E-state index >= 15 is 0 Å². The summed E-state index contributed by atoms with van der Waals surface area (Å²) >= 11 is 0. The number of aromatic hydroxyl groups is 2. The second-order valence-electron chi connectivity index (χ2n) is 9.29. The fraction of sp³-hybridized carbons (Fsp3) is 0.333. The smallest absolute Gasteiger partial charge is 0.325 e. The number of methoxy groups -OCH3 is 2. The highest BCUT2D eigenvalue weighted by molar-refractivity contribution is 7.86. The lowest BCUT2D eigenvalue weighted by Gasteiger charge is -2.33. The highest BCUT2D eigenvalue weighted by Crippen LogP contribution is 2.40. The molecular weight excluding hydrogens is 668 g/mol. The Labute approximate surface area is 259 Å². The molecule has 0 saturated carbocycles. The standard InChI is InChI=1S/C24H28N2O18S2/c1-43-11-5-13(21(31)15(7-11)45(37,38)39)19(23(33)34)25(9-17(27)28)3-4-26(10-18(29)30)20(24(35)36)14-6-12(44-2)8-16(22(14)32)46(40,41)42/h5-8,19-20,31-32H,3-4,9-10H2,1-2H3,(H,27,28)(H,29,30)(H,33,34)(H,35,36)(H,37,38,39)(H,40,41,42). The van der Waals surface area contributed by atoms with Crippen LogP contribution < -0.4 is 9.47 Å². The maximum atomic E-state index is 12.4. The summed E-state index contributed by atoms with van der Waals surface area (Å²) in [5.74, 6) is -10.6. The van der Waals surface area contributed by atoms with Gasteiger partial charge in [-0.05, 0) is 12.1 Å². The van der Waals surface area contributed by atoms with E-state index in [1.165, 1.54) is 0 Å². The number of benzene rings is 2. The van der Waals surface area contributed by atoms with Gasteiger partial charge in [-0.1, -0.05) is 0 Å². The number of phenols is 2. The molecule has 0 saturated heterocycles. The summed E-state index contributed by atoms with van der Waals surface area (Å²) in [6.45, 7) is -4.09. The Morgan fingerprint density at radius 1 is 0.652 bits per heavy atom. The second kappa shape index (κ2) is 14.6. The van der Waals surface area contributed by atoms with Gasteiger partial charge in [0, 0.05) is 36.3 Å². The molecule has 22 heteroatoms. The van der Waals surface area contributed by atoms with Gasteiger partial charge < -0.3 is 40.1 Å². The summed E-state index contributed by atoms with van der Waals surface area (Å²) in [5.41, 5.74) is -1.60. The van der Waals surface area contributed by atoms with Crippen LogP contribution in [0.5, 0.6) is 23.0 Å². The first-order valence-corrected chi connectivity index (χ1v) is 15.2. The predicted molar refractivity (Wildman–Crippen MR) is 148 cm³/mol. The van der Waals surface area contributed by atoms with E-state index in [4.69, 9.17) is 9.47 Å². The predicted octanol–water partition coefficient (Wildman–Crippen LogP) is -0.667. The molecule has 2 rings (SSSR count). The third kappa shape index (κ3) is 8.92. The molecule has 0 bridgehead atoms. The van der Waals surface area contributed by atoms with Gasteiger partial charge in [-0.2, -0.15) is 16.8 Å². The molecule has 0 fully saturated rings. The van der Waals surface area contributed by atoms with Crippen LogP contribution in [0.25, 0.3) is 0 Å². The van der Waals surface area contributed by atoms with Gasteiger partial charge in [0.05, 0.1) is 27.3 Å². The topological polar surface area (TPSA) is 323 Å². The molecule has 46 heavy (non-hydrogen) atoms. The molecule has 0 spiro atoms. The van der Waals surface area contributed by atoms with Crippen LogP contribution in [0.3, 0.4) is 0 Å². The zero-order chi connectivity index (χ0) is 35.3. The fourth-order valence-corrected chi connectivity index (χ4v) is 5.68. The molecule has 2 atom stereocenters. The van der Waals surface area contributed by atoms with Gasteiger partial charge in [0.2, 0.25) is 0 Å². The Morgan fingerprint density at radius 3 is 1.17 bits per heavy atom. The summed E-state index contributed by atoms with van der Waals surface area (Å²) < 4.78 is 76.3. The minimum Gasteiger partial charge on any atom is -0.506 e. The van der Waals surface area contributed by atoms with Crippen molar-refractivity contribution in [1.82, 2.24) is 9.80 Å². The molecule has 2 aromatic carbocycles. The van der Waals surface area contributed by atoms with Gasteiger partial charge in [0.1, 0.15) is 44.9 Å². The van der Waals surface area contributed by atoms with E-state index in [0.29, 0.717) is 21.9 Å². The molecule has 254 valence electrons. The largest absolute Gasteiger partial charge is 0.506 e. The van der Waals surface area contributed by atoms with Gasteiger partial charge >= 0.3 is 23.9 Å². The Hall–Kier alpha value is -4.74. The third-order valence-corrected chi connectivity index (χ3v) is 8.06. The average Bonchev–Trinajstić information content (AvgIpc) is 2.91. The van der Waals surface area contributed by atoms with Crippen LogP contribution in [-0.2, 0) is 39.4 Å². The molecule has 2 unspecified atom stereocenters. The summed E-state index contributed by atoms with van der Waals surface area (Å²) in [5, 5.41) is 60.4. The molecule has 0 heterocycles. The maximum Gasteiger partial charge on any atom is 0.325 e. The van der Waals surface area contributed by atoms with E-state index in [-0.39, 0.29) is 0 Å². The molecular formula is C24H28N2O18S2. The van der Waals surface area contributed by atoms with Crippen LogP contribution in [0.15, 0.2) is 34.1 Å². The number of carbonyl (C=O) groups is 4. The summed E-state index contributed by atoms with van der Waals surface area (Å²) in [4.78, 5) is 47.1. The van der Waals surface area contributed by atoms with Crippen molar-refractivity contribution in [3.8, 4) is 23.0 Å². The number of carboxylic acids is 4. The van der Waals surface area contributed by atoms with Gasteiger partial charge in [0.25, 0.3) is 20.2 Å². The lowest BCUT2D eigenvalue weighted by atomic mass is 10.0. The number of aliphatic carboxylic acids is 4. The maximum absolute atomic E-state index is 12.4. The zero-order valence-corrected chi connectivity index (χ0v) is 25.3. The molecule has 2 aromatic rings. The lowest BCUT2D eigenvalue weighted by Crippen LogP contribution is -2.46. The first kappa shape index (κ1) is 37.4. The van der Waals surface area contributed by atoms with Gasteiger partial charge in [-0.25, -0.2) is 0 Å². The Balaban J connectivity index is 2.76. The van der Waals surface area contributed by atoms with Crippen LogP contribution in [-0.4, -0.2) is 131 Å². The van der Waals surface area contributed by atoms with Gasteiger partial charge in [-0.3, -0.25) is 38.1 Å². The van der Waals surface area contributed by atoms with E-state index < -0.39 is 126 Å². The SMILES string of the molecule is COc1cc(C(C(=O)O)N(CCN(CC(=O)O)C(C(=O)O)c2cc(OC)cc(S(=O)(=O)O)c2O)CC(=O)O)c(O)c(S(=O)(=O)O)c1. The number of nitrogens with zero attached hydrogens (tertiary/aromatic N) is 2. The summed E-state index contributed by atoms with van der Waals surface area (Å²) in [6, 6.07) is -1.59. The van der Waals surface area contributed by atoms with Crippen LogP contribution >= 0.6 is 0 Å². The summed E-state index contributed by atoms with van der Waals surface area (Å²) in [6.07, 6.45) is 0. The number of ether oxygens (including phenoxy) is 2. The van der Waals surface area contributed by atoms with E-state index in [2.05, 4.69) is 0 Å². The van der Waals surface area contributed by atoms with Crippen LogP contribution in [0.2, 0.25) is 0 Å². The second-order valence-corrected chi connectivity index (χ2v) is 12.1. The van der Waals surface area contributed by atoms with Crippen molar-refractivity contribution in [2.75, 3.05) is 40.4 Å². The van der Waals surface area contributed by atoms with Crippen molar-refractivity contribution in [2.24, 2.45) is 0 Å². The number of hydrogen-bond donors (Lipinski definition) is 8. The van der Waals surface area contributed by atoms with Crippen LogP contribution in [0.1, 0.15) is 23.2 Å². The number of rotatable bonds is 17. The molecule has 0 aliphatic carbocycles. The van der Waals surface area contributed by atoms with E-state index in [9.17, 15) is 75.8 Å². The van der Waals surface area contributed by atoms with Crippen LogP contribution in [0, 0.1) is 0 Å². The Bertz CT molecular complexity index is 1610. The highest BCUT2D eigenvalue weighted by Gasteiger charge is 2.38. The minimum atomic E-state index is -5.20. The van der Waals surface area contributed by atoms with Gasteiger partial charge in [-0.15, -0.1) is 0 Å². The van der Waals surface area contributed by atoms with Crippen molar-refractivity contribution in [1.29, 1.82) is 0 Å². The Morgan fingerprint density at radius 2 is 0.957 bits per heavy atom. The van der Waals surface area contributed by atoms with Crippen molar-refractivity contribution in [2.45, 2.75) is 21.9 Å². The normalized spacial score (nSPS) is 13.3. The quantitative estimate of drug-likeness (QED) is 0.0951. The highest BCUT2D eigenvalue weighted by atomic mass is 32.2. The van der Waals surface area contributed by atoms with Crippen molar-refractivity contribution >= 4 is 44.1 Å². The molecule has 20 nitrogen and oxygen atoms in total. The zero-order valence-electron chi connectivity index (χ0n) is 23.7. The van der Waals surface area contributed by atoms with Gasteiger partial charge in [0.15, 0.2) is 0 Å². The number of phenolic OH excluding ortho intramolecular Hbond substituents is 2. The minimum absolute atomic E-state index is 0.400. The Kier molecular flexibility index (Phi) is 11.9. The monoisotopic (exact) mass is 696 g/mol. The molecule has 0 aliphatic rings. The van der Waals surface area contributed by atoms with Crippen LogP contribution in [0.4, 0.5) is 0 Å². The van der Waals surface area contributed by atoms with Crippen molar-refractivity contribution < 1.29 is 85.2 Å². The van der Waals surface area contributed by atoms with E-state index in [1.807, 2.05) is 0 Å². The summed E-state index contributed by atoms with van der Waals surface area (Å²) in [7, 11) is -8.36. The van der Waals surface area contributed by atoms with E-state index in [1.54, 1.807) is 0 Å². The first-order chi connectivity index (χ1) is 21.1. The molecule has 0 aliphatic heterocycles. The first-order valence-electron chi connectivity index (χ1n) is 12.3. The molecule has 0 radical (unpaired) electrons. The molecule has 0 aromatic heterocycles. The van der Waals surface area contributed by atoms with Crippen molar-refractivity contribution in [3.05, 3.63) is 35.4 Å². The van der Waals surface area contributed by atoms with E-state index in [0.717, 1.165) is 26.4 Å². The van der Waals surface area contributed by atoms with Crippen molar-refractivity contribution in [3.63, 3.8) is 0 Å². The fourth-order valence-electron chi connectivity index (χ4n) is 4.43.